The molecule has 3 aliphatic rings. The number of hydrogen-bond donors (Lipinski definition) is 0. The van der Waals surface area contributed by atoms with E-state index in [1.54, 1.807) is 0 Å². The van der Waals surface area contributed by atoms with Gasteiger partial charge in [0.2, 0.25) is 0 Å². The number of terminal acetylenes is 1. The highest BCUT2D eigenvalue weighted by Crippen LogP contribution is 2.64. The second-order valence-electron chi connectivity index (χ2n) is 4.48. The van der Waals surface area contributed by atoms with E-state index in [-0.39, 0.29) is 0 Å². The Bertz CT molecular complexity index is 360. The van der Waals surface area contributed by atoms with E-state index in [1.165, 1.54) is 24.8 Å². The van der Waals surface area contributed by atoms with Crippen molar-refractivity contribution in [3.8, 4) is 12.3 Å². The van der Waals surface area contributed by atoms with Crippen molar-refractivity contribution in [3.63, 3.8) is 0 Å². The molecule has 3 fully saturated rings. The number of rotatable bonds is 1. The van der Waals surface area contributed by atoms with Crippen molar-refractivity contribution in [1.29, 1.82) is 0 Å². The van der Waals surface area contributed by atoms with Crippen LogP contribution in [-0.2, 0) is 5.41 Å². The summed E-state index contributed by atoms with van der Waals surface area (Å²) in [4.78, 5) is 0. The van der Waals surface area contributed by atoms with E-state index in [1.807, 2.05) is 0 Å². The van der Waals surface area contributed by atoms with Gasteiger partial charge in [-0.05, 0) is 48.3 Å². The zero-order valence-corrected chi connectivity index (χ0v) is 7.59. The summed E-state index contributed by atoms with van der Waals surface area (Å²) >= 11 is 0. The van der Waals surface area contributed by atoms with Gasteiger partial charge in [-0.25, -0.2) is 0 Å². The fraction of sp³-hybridized carbons (Fsp3) is 0.385. The Kier molecular flexibility index (Phi) is 1.21. The molecule has 0 heteroatoms. The lowest BCUT2D eigenvalue weighted by molar-refractivity contribution is -0.0273. The smallest absolute Gasteiger partial charge is 0.0242 e. The van der Waals surface area contributed by atoms with Crippen LogP contribution in [0.5, 0.6) is 0 Å². The summed E-state index contributed by atoms with van der Waals surface area (Å²) in [6, 6.07) is 8.56. The zero-order chi connectivity index (χ0) is 8.89. The third-order valence-corrected chi connectivity index (χ3v) is 3.70. The summed E-state index contributed by atoms with van der Waals surface area (Å²) in [5.74, 6) is 3.70. The Hall–Kier alpha value is -1.22. The van der Waals surface area contributed by atoms with Gasteiger partial charge >= 0.3 is 0 Å². The van der Waals surface area contributed by atoms with E-state index in [0.717, 1.165) is 11.5 Å². The molecule has 64 valence electrons. The average molecular weight is 168 g/mol. The maximum atomic E-state index is 5.32. The molecule has 0 nitrogen and oxygen atoms in total. The Morgan fingerprint density at radius 2 is 1.77 bits per heavy atom. The SMILES string of the molecule is C#Cc1ccc(C23CC(C2)C3)cc1. The fourth-order valence-electron chi connectivity index (χ4n) is 2.75. The van der Waals surface area contributed by atoms with Gasteiger partial charge in [0, 0.05) is 5.56 Å². The maximum Gasteiger partial charge on any atom is 0.0242 e. The van der Waals surface area contributed by atoms with Crippen molar-refractivity contribution in [3.05, 3.63) is 35.4 Å². The largest absolute Gasteiger partial charge is 0.115 e. The molecule has 3 aliphatic carbocycles. The van der Waals surface area contributed by atoms with Crippen molar-refractivity contribution < 1.29 is 0 Å². The Balaban J connectivity index is 1.94. The first-order valence-electron chi connectivity index (χ1n) is 4.90. The molecule has 0 aromatic heterocycles. The van der Waals surface area contributed by atoms with Crippen LogP contribution < -0.4 is 0 Å². The molecule has 2 bridgehead atoms. The molecule has 0 spiro atoms. The molecule has 0 heterocycles. The quantitative estimate of drug-likeness (QED) is 0.565. The van der Waals surface area contributed by atoms with Crippen LogP contribution in [0, 0.1) is 18.3 Å². The predicted octanol–water partition coefficient (Wildman–Crippen LogP) is 2.72. The van der Waals surface area contributed by atoms with E-state index in [9.17, 15) is 0 Å². The van der Waals surface area contributed by atoms with E-state index < -0.39 is 0 Å². The van der Waals surface area contributed by atoms with Gasteiger partial charge in [-0.3, -0.25) is 0 Å². The second kappa shape index (κ2) is 2.17. The van der Waals surface area contributed by atoms with Gasteiger partial charge in [0.25, 0.3) is 0 Å². The molecule has 0 N–H and O–H groups in total. The zero-order valence-electron chi connectivity index (χ0n) is 7.59. The first kappa shape index (κ1) is 7.21. The lowest BCUT2D eigenvalue weighted by Gasteiger charge is -2.62. The van der Waals surface area contributed by atoms with Gasteiger partial charge in [-0.1, -0.05) is 18.1 Å². The van der Waals surface area contributed by atoms with E-state index in [2.05, 4.69) is 30.2 Å². The Labute approximate surface area is 79.0 Å². The summed E-state index contributed by atoms with van der Waals surface area (Å²) in [5, 5.41) is 0. The standard InChI is InChI=1S/C13H12/c1-2-10-3-5-12(6-4-10)13-7-11(8-13)9-13/h1,3-6,11H,7-9H2. The lowest BCUT2D eigenvalue weighted by Crippen LogP contribution is -2.55. The molecule has 0 radical (unpaired) electrons. The average Bonchev–Trinajstić information content (AvgIpc) is 2.00. The topological polar surface area (TPSA) is 0 Å². The highest BCUT2D eigenvalue weighted by molar-refractivity contribution is 5.40. The first-order chi connectivity index (χ1) is 6.32. The molecule has 0 aliphatic heterocycles. The molecule has 0 saturated heterocycles. The number of hydrogen-bond acceptors (Lipinski definition) is 0. The van der Waals surface area contributed by atoms with Gasteiger partial charge in [0.1, 0.15) is 0 Å². The molecular weight excluding hydrogens is 156 g/mol. The summed E-state index contributed by atoms with van der Waals surface area (Å²) in [7, 11) is 0. The van der Waals surface area contributed by atoms with Gasteiger partial charge in [-0.15, -0.1) is 6.42 Å². The summed E-state index contributed by atoms with van der Waals surface area (Å²) < 4.78 is 0. The van der Waals surface area contributed by atoms with Crippen molar-refractivity contribution in [1.82, 2.24) is 0 Å². The maximum absolute atomic E-state index is 5.32. The molecule has 1 aromatic rings. The Morgan fingerprint density at radius 1 is 1.15 bits per heavy atom. The van der Waals surface area contributed by atoms with Gasteiger partial charge < -0.3 is 0 Å². The highest BCUT2D eigenvalue weighted by atomic mass is 14.6. The summed E-state index contributed by atoms with van der Waals surface area (Å²) in [6.45, 7) is 0. The molecule has 3 saturated carbocycles. The highest BCUT2D eigenvalue weighted by Gasteiger charge is 2.57. The second-order valence-corrected chi connectivity index (χ2v) is 4.48. The monoisotopic (exact) mass is 168 g/mol. The molecule has 0 amide bonds. The normalized spacial score (nSPS) is 34.2. The van der Waals surface area contributed by atoms with Crippen LogP contribution >= 0.6 is 0 Å². The lowest BCUT2D eigenvalue weighted by atomic mass is 9.42. The molecule has 13 heavy (non-hydrogen) atoms. The molecule has 4 rings (SSSR count). The van der Waals surface area contributed by atoms with Crippen molar-refractivity contribution >= 4 is 0 Å². The molecule has 0 unspecified atom stereocenters. The van der Waals surface area contributed by atoms with Crippen LogP contribution in [0.25, 0.3) is 0 Å². The summed E-state index contributed by atoms with van der Waals surface area (Å²) in [5.41, 5.74) is 3.09. The minimum Gasteiger partial charge on any atom is -0.115 e. The third-order valence-electron chi connectivity index (χ3n) is 3.70. The van der Waals surface area contributed by atoms with Crippen molar-refractivity contribution in [2.24, 2.45) is 5.92 Å². The third kappa shape index (κ3) is 0.823. The van der Waals surface area contributed by atoms with Crippen LogP contribution in [0.1, 0.15) is 30.4 Å². The van der Waals surface area contributed by atoms with E-state index in [4.69, 9.17) is 6.42 Å². The minimum absolute atomic E-state index is 0.581. The van der Waals surface area contributed by atoms with Crippen LogP contribution in [-0.4, -0.2) is 0 Å². The van der Waals surface area contributed by atoms with Crippen LogP contribution in [0.15, 0.2) is 24.3 Å². The summed E-state index contributed by atoms with van der Waals surface area (Å²) in [6.07, 6.45) is 9.57. The van der Waals surface area contributed by atoms with Gasteiger partial charge in [-0.2, -0.15) is 0 Å². The predicted molar refractivity (Wildman–Crippen MR) is 53.4 cm³/mol. The number of benzene rings is 1. The van der Waals surface area contributed by atoms with E-state index >= 15 is 0 Å². The first-order valence-corrected chi connectivity index (χ1v) is 4.90. The minimum atomic E-state index is 0.581. The Morgan fingerprint density at radius 3 is 2.15 bits per heavy atom. The molecular formula is C13H12. The van der Waals surface area contributed by atoms with Crippen molar-refractivity contribution in [2.75, 3.05) is 0 Å². The fourth-order valence-corrected chi connectivity index (χ4v) is 2.75. The van der Waals surface area contributed by atoms with Crippen LogP contribution in [0.3, 0.4) is 0 Å². The van der Waals surface area contributed by atoms with Gasteiger partial charge in [0.15, 0.2) is 0 Å². The van der Waals surface area contributed by atoms with E-state index in [0.29, 0.717) is 5.41 Å². The van der Waals surface area contributed by atoms with Crippen molar-refractivity contribution in [2.45, 2.75) is 24.7 Å². The van der Waals surface area contributed by atoms with Crippen LogP contribution in [0.2, 0.25) is 0 Å². The molecule has 1 aromatic carbocycles. The van der Waals surface area contributed by atoms with Crippen LogP contribution in [0.4, 0.5) is 0 Å². The molecule has 0 atom stereocenters. The van der Waals surface area contributed by atoms with Gasteiger partial charge in [0.05, 0.1) is 0 Å².